The summed E-state index contributed by atoms with van der Waals surface area (Å²) in [6.07, 6.45) is -0.272. The number of nitrogens with one attached hydrogen (secondary N) is 2. The number of anilines is 2. The number of rotatable bonds is 7. The molecule has 8 heteroatoms. The number of benzene rings is 2. The van der Waals surface area contributed by atoms with E-state index in [9.17, 15) is 14.4 Å². The SMILES string of the molecule is COc1ccc(OC)c(NC(=O)C[C@@]2(NC(C)=O)C(=O)N(C(C)C)c3ccccc32)c1. The molecule has 31 heavy (non-hydrogen) atoms. The molecule has 1 aliphatic heterocycles. The molecule has 1 aliphatic rings. The third kappa shape index (κ3) is 4.05. The van der Waals surface area contributed by atoms with Gasteiger partial charge in [-0.2, -0.15) is 0 Å². The fourth-order valence-electron chi connectivity index (χ4n) is 3.97. The number of ether oxygens (including phenoxy) is 2. The predicted octanol–water partition coefficient (Wildman–Crippen LogP) is 2.82. The molecule has 2 N–H and O–H groups in total. The van der Waals surface area contributed by atoms with Gasteiger partial charge in [0, 0.05) is 24.6 Å². The molecule has 0 saturated carbocycles. The first-order valence-electron chi connectivity index (χ1n) is 9.97. The number of amides is 3. The van der Waals surface area contributed by atoms with Crippen molar-refractivity contribution in [3.8, 4) is 11.5 Å². The highest BCUT2D eigenvalue weighted by atomic mass is 16.5. The Balaban J connectivity index is 2.01. The molecule has 1 heterocycles. The zero-order valence-electron chi connectivity index (χ0n) is 18.3. The van der Waals surface area contributed by atoms with Crippen molar-refractivity contribution in [2.45, 2.75) is 38.8 Å². The molecular formula is C23H27N3O5. The van der Waals surface area contributed by atoms with E-state index in [1.165, 1.54) is 21.1 Å². The monoisotopic (exact) mass is 425 g/mol. The van der Waals surface area contributed by atoms with Gasteiger partial charge in [-0.1, -0.05) is 18.2 Å². The van der Waals surface area contributed by atoms with Crippen LogP contribution >= 0.6 is 0 Å². The second-order valence-electron chi connectivity index (χ2n) is 7.66. The minimum absolute atomic E-state index is 0.147. The van der Waals surface area contributed by atoms with Gasteiger partial charge in [-0.3, -0.25) is 14.4 Å². The third-order valence-electron chi connectivity index (χ3n) is 5.22. The summed E-state index contributed by atoms with van der Waals surface area (Å²) in [6, 6.07) is 12.1. The Bertz CT molecular complexity index is 1020. The topological polar surface area (TPSA) is 97.0 Å². The number of para-hydroxylation sites is 1. The molecule has 0 unspecified atom stereocenters. The van der Waals surface area contributed by atoms with Crippen LogP contribution in [-0.2, 0) is 19.9 Å². The summed E-state index contributed by atoms with van der Waals surface area (Å²) in [5.41, 5.74) is 0.187. The van der Waals surface area contributed by atoms with E-state index in [0.717, 1.165) is 0 Å². The third-order valence-corrected chi connectivity index (χ3v) is 5.22. The van der Waals surface area contributed by atoms with Gasteiger partial charge in [-0.15, -0.1) is 0 Å². The van der Waals surface area contributed by atoms with E-state index in [4.69, 9.17) is 9.47 Å². The number of fused-ring (bicyclic) bond motifs is 1. The second kappa shape index (κ2) is 8.67. The molecule has 2 aromatic rings. The summed E-state index contributed by atoms with van der Waals surface area (Å²) >= 11 is 0. The number of methoxy groups -OCH3 is 2. The fraction of sp³-hybridized carbons (Fsp3) is 0.348. The molecule has 0 aromatic heterocycles. The quantitative estimate of drug-likeness (QED) is 0.711. The van der Waals surface area contributed by atoms with Crippen LogP contribution < -0.4 is 25.0 Å². The van der Waals surface area contributed by atoms with Crippen molar-refractivity contribution in [1.82, 2.24) is 5.32 Å². The van der Waals surface area contributed by atoms with Crippen molar-refractivity contribution in [3.05, 3.63) is 48.0 Å². The minimum Gasteiger partial charge on any atom is -0.497 e. The fourth-order valence-corrected chi connectivity index (χ4v) is 3.97. The van der Waals surface area contributed by atoms with Crippen LogP contribution in [0.4, 0.5) is 11.4 Å². The summed E-state index contributed by atoms with van der Waals surface area (Å²) in [7, 11) is 3.02. The lowest BCUT2D eigenvalue weighted by molar-refractivity contribution is -0.133. The first kappa shape index (κ1) is 22.1. The Morgan fingerprint density at radius 1 is 1.10 bits per heavy atom. The Kier molecular flexibility index (Phi) is 6.19. The lowest BCUT2D eigenvalue weighted by atomic mass is 9.87. The molecule has 0 aliphatic carbocycles. The Hall–Kier alpha value is -3.55. The predicted molar refractivity (Wildman–Crippen MR) is 117 cm³/mol. The van der Waals surface area contributed by atoms with E-state index < -0.39 is 17.4 Å². The molecular weight excluding hydrogens is 398 g/mol. The average molecular weight is 425 g/mol. The van der Waals surface area contributed by atoms with Crippen molar-refractivity contribution in [2.24, 2.45) is 0 Å². The maximum atomic E-state index is 13.6. The lowest BCUT2D eigenvalue weighted by Gasteiger charge is -2.30. The standard InChI is InChI=1S/C23H27N3O5/c1-14(2)26-19-9-7-6-8-17(19)23(22(26)29,25-15(3)27)13-21(28)24-18-12-16(30-4)10-11-20(18)31-5/h6-12,14H,13H2,1-5H3,(H,24,28)(H,25,27)/t23-/m0/s1. The van der Waals surface area contributed by atoms with Crippen LogP contribution in [0.1, 0.15) is 32.8 Å². The maximum absolute atomic E-state index is 13.6. The minimum atomic E-state index is -1.50. The van der Waals surface area contributed by atoms with Crippen molar-refractivity contribution in [2.75, 3.05) is 24.4 Å². The smallest absolute Gasteiger partial charge is 0.258 e. The van der Waals surface area contributed by atoms with Gasteiger partial charge in [0.05, 0.1) is 32.0 Å². The highest BCUT2D eigenvalue weighted by Gasteiger charge is 2.53. The van der Waals surface area contributed by atoms with Gasteiger partial charge in [0.2, 0.25) is 11.8 Å². The van der Waals surface area contributed by atoms with Gasteiger partial charge in [-0.05, 0) is 32.0 Å². The van der Waals surface area contributed by atoms with Crippen LogP contribution in [0.25, 0.3) is 0 Å². The van der Waals surface area contributed by atoms with Crippen LogP contribution in [0, 0.1) is 0 Å². The average Bonchev–Trinajstić information content (AvgIpc) is 2.95. The maximum Gasteiger partial charge on any atom is 0.258 e. The van der Waals surface area contributed by atoms with Crippen molar-refractivity contribution in [3.63, 3.8) is 0 Å². The number of nitrogens with zero attached hydrogens (tertiary/aromatic N) is 1. The van der Waals surface area contributed by atoms with E-state index >= 15 is 0 Å². The summed E-state index contributed by atoms with van der Waals surface area (Å²) in [5, 5.41) is 5.56. The lowest BCUT2D eigenvalue weighted by Crippen LogP contribution is -2.55. The summed E-state index contributed by atoms with van der Waals surface area (Å²) in [5.74, 6) is -0.202. The second-order valence-corrected chi connectivity index (χ2v) is 7.66. The highest BCUT2D eigenvalue weighted by molar-refractivity contribution is 6.12. The van der Waals surface area contributed by atoms with Gasteiger partial charge in [0.15, 0.2) is 5.54 Å². The van der Waals surface area contributed by atoms with E-state index in [1.54, 1.807) is 35.2 Å². The molecule has 3 amide bonds. The van der Waals surface area contributed by atoms with E-state index in [0.29, 0.717) is 28.4 Å². The molecule has 1 atom stereocenters. The summed E-state index contributed by atoms with van der Waals surface area (Å²) < 4.78 is 10.5. The first-order valence-corrected chi connectivity index (χ1v) is 9.97. The van der Waals surface area contributed by atoms with E-state index in [-0.39, 0.29) is 18.4 Å². The largest absolute Gasteiger partial charge is 0.497 e. The van der Waals surface area contributed by atoms with Gasteiger partial charge < -0.3 is 25.0 Å². The molecule has 3 rings (SSSR count). The molecule has 0 fully saturated rings. The highest BCUT2D eigenvalue weighted by Crippen LogP contribution is 2.43. The molecule has 0 saturated heterocycles. The van der Waals surface area contributed by atoms with Crippen LogP contribution in [-0.4, -0.2) is 38.0 Å². The van der Waals surface area contributed by atoms with Crippen molar-refractivity contribution in [1.29, 1.82) is 0 Å². The molecule has 0 radical (unpaired) electrons. The van der Waals surface area contributed by atoms with Crippen molar-refractivity contribution < 1.29 is 23.9 Å². The molecule has 2 aromatic carbocycles. The van der Waals surface area contributed by atoms with Gasteiger partial charge in [-0.25, -0.2) is 0 Å². The van der Waals surface area contributed by atoms with Gasteiger partial charge in [0.1, 0.15) is 11.5 Å². The van der Waals surface area contributed by atoms with Crippen LogP contribution in [0.15, 0.2) is 42.5 Å². The normalized spacial score (nSPS) is 17.4. The van der Waals surface area contributed by atoms with E-state index in [2.05, 4.69) is 10.6 Å². The molecule has 8 nitrogen and oxygen atoms in total. The van der Waals surface area contributed by atoms with Crippen LogP contribution in [0.5, 0.6) is 11.5 Å². The number of hydrogen-bond acceptors (Lipinski definition) is 5. The Morgan fingerprint density at radius 2 is 1.81 bits per heavy atom. The van der Waals surface area contributed by atoms with Gasteiger partial charge in [0.25, 0.3) is 5.91 Å². The van der Waals surface area contributed by atoms with Gasteiger partial charge >= 0.3 is 0 Å². The van der Waals surface area contributed by atoms with Crippen LogP contribution in [0.2, 0.25) is 0 Å². The number of hydrogen-bond donors (Lipinski definition) is 2. The molecule has 0 bridgehead atoms. The zero-order chi connectivity index (χ0) is 22.8. The Labute approximate surface area is 181 Å². The van der Waals surface area contributed by atoms with E-state index in [1.807, 2.05) is 26.0 Å². The number of carbonyl (C=O) groups is 3. The Morgan fingerprint density at radius 3 is 2.42 bits per heavy atom. The molecule has 164 valence electrons. The summed E-state index contributed by atoms with van der Waals surface area (Å²) in [6.45, 7) is 5.11. The summed E-state index contributed by atoms with van der Waals surface area (Å²) in [4.78, 5) is 40.4. The zero-order valence-corrected chi connectivity index (χ0v) is 18.3. The number of carbonyl (C=O) groups excluding carboxylic acids is 3. The first-order chi connectivity index (χ1) is 14.7. The van der Waals surface area contributed by atoms with Crippen LogP contribution in [0.3, 0.4) is 0 Å². The molecule has 0 spiro atoms. The van der Waals surface area contributed by atoms with Crippen molar-refractivity contribution >= 4 is 29.1 Å².